The number of nitrogens with zero attached hydrogens (tertiary/aromatic N) is 4. The molecule has 2 fully saturated rings. The maximum absolute atomic E-state index is 12.4. The molecule has 4 rings (SSSR count). The van der Waals surface area contributed by atoms with Crippen LogP contribution in [0.15, 0.2) is 30.5 Å². The molecule has 7 heteroatoms. The second-order valence-electron chi connectivity index (χ2n) is 6.65. The third-order valence-electron chi connectivity index (χ3n) is 4.99. The molecule has 1 aromatic heterocycles. The van der Waals surface area contributed by atoms with Crippen LogP contribution in [0.4, 0.5) is 0 Å². The van der Waals surface area contributed by atoms with Crippen LogP contribution in [0, 0.1) is 0 Å². The molecule has 3 heterocycles. The summed E-state index contributed by atoms with van der Waals surface area (Å²) in [5.74, 6) is 0.147. The van der Waals surface area contributed by atoms with Crippen LogP contribution < -0.4 is 0 Å². The lowest BCUT2D eigenvalue weighted by Gasteiger charge is -2.33. The van der Waals surface area contributed by atoms with Gasteiger partial charge in [0.2, 0.25) is 0 Å². The van der Waals surface area contributed by atoms with E-state index in [9.17, 15) is 4.79 Å². The number of hydrogen-bond acceptors (Lipinski definition) is 4. The highest BCUT2D eigenvalue weighted by atomic mass is 35.5. The van der Waals surface area contributed by atoms with E-state index >= 15 is 0 Å². The molecular formula is C18H21ClN4O2. The predicted octanol–water partition coefficient (Wildman–Crippen LogP) is 2.94. The second kappa shape index (κ2) is 7.14. The van der Waals surface area contributed by atoms with Gasteiger partial charge in [0.15, 0.2) is 0 Å². The summed E-state index contributed by atoms with van der Waals surface area (Å²) in [6, 6.07) is 7.89. The largest absolute Gasteiger partial charge is 0.368 e. The lowest BCUT2D eigenvalue weighted by atomic mass is 10.0. The summed E-state index contributed by atoms with van der Waals surface area (Å²) in [6.07, 6.45) is 5.35. The number of likely N-dealkylation sites (tertiary alicyclic amines) is 1. The SMILES string of the molecule is O=C(C1CCCO1)N1CCC(n2cc(-c3cccc(Cl)c3)nn2)CC1. The lowest BCUT2D eigenvalue weighted by Crippen LogP contribution is -2.44. The van der Waals surface area contributed by atoms with Crippen LogP contribution in [0.25, 0.3) is 11.3 Å². The maximum atomic E-state index is 12.4. The number of piperidine rings is 1. The summed E-state index contributed by atoms with van der Waals surface area (Å²) < 4.78 is 7.43. The van der Waals surface area contributed by atoms with Gasteiger partial charge in [-0.3, -0.25) is 4.79 Å². The zero-order chi connectivity index (χ0) is 17.2. The summed E-state index contributed by atoms with van der Waals surface area (Å²) in [5.41, 5.74) is 1.78. The normalized spacial score (nSPS) is 21.6. The van der Waals surface area contributed by atoms with Crippen LogP contribution >= 0.6 is 11.6 Å². The van der Waals surface area contributed by atoms with Gasteiger partial charge in [0.05, 0.1) is 12.2 Å². The van der Waals surface area contributed by atoms with E-state index in [4.69, 9.17) is 16.3 Å². The number of aromatic nitrogens is 3. The summed E-state index contributed by atoms with van der Waals surface area (Å²) in [5, 5.41) is 9.25. The zero-order valence-electron chi connectivity index (χ0n) is 14.0. The number of rotatable bonds is 3. The van der Waals surface area contributed by atoms with Gasteiger partial charge in [0.1, 0.15) is 11.8 Å². The first kappa shape index (κ1) is 16.5. The van der Waals surface area contributed by atoms with Crippen molar-refractivity contribution in [3.8, 4) is 11.3 Å². The molecule has 2 aliphatic heterocycles. The van der Waals surface area contributed by atoms with Gasteiger partial charge in [-0.05, 0) is 37.8 Å². The van der Waals surface area contributed by atoms with Crippen molar-refractivity contribution in [1.29, 1.82) is 0 Å². The van der Waals surface area contributed by atoms with Gasteiger partial charge in [-0.2, -0.15) is 0 Å². The van der Waals surface area contributed by atoms with E-state index in [1.54, 1.807) is 0 Å². The van der Waals surface area contributed by atoms with Crippen molar-refractivity contribution in [1.82, 2.24) is 19.9 Å². The van der Waals surface area contributed by atoms with Crippen LogP contribution in [0.1, 0.15) is 31.7 Å². The van der Waals surface area contributed by atoms with Crippen LogP contribution in [-0.2, 0) is 9.53 Å². The average Bonchev–Trinajstić information content (AvgIpc) is 3.33. The number of amides is 1. The third-order valence-corrected chi connectivity index (χ3v) is 5.22. The minimum Gasteiger partial charge on any atom is -0.368 e. The Morgan fingerprint density at radius 3 is 2.80 bits per heavy atom. The predicted molar refractivity (Wildman–Crippen MR) is 94.3 cm³/mol. The minimum atomic E-state index is -0.225. The third kappa shape index (κ3) is 3.55. The Balaban J connectivity index is 1.39. The fourth-order valence-electron chi connectivity index (χ4n) is 3.56. The van der Waals surface area contributed by atoms with Crippen LogP contribution in [0.3, 0.4) is 0 Å². The first-order valence-electron chi connectivity index (χ1n) is 8.79. The van der Waals surface area contributed by atoms with E-state index < -0.39 is 0 Å². The fourth-order valence-corrected chi connectivity index (χ4v) is 3.75. The maximum Gasteiger partial charge on any atom is 0.251 e. The molecule has 1 atom stereocenters. The Morgan fingerprint density at radius 1 is 1.24 bits per heavy atom. The molecule has 0 radical (unpaired) electrons. The van der Waals surface area contributed by atoms with Gasteiger partial charge in [0.25, 0.3) is 5.91 Å². The molecule has 1 aromatic carbocycles. The van der Waals surface area contributed by atoms with Gasteiger partial charge in [-0.25, -0.2) is 4.68 Å². The topological polar surface area (TPSA) is 60.2 Å². The molecule has 1 unspecified atom stereocenters. The smallest absolute Gasteiger partial charge is 0.251 e. The molecule has 0 spiro atoms. The standard InChI is InChI=1S/C18H21ClN4O2/c19-14-4-1-3-13(11-14)16-12-23(21-20-16)15-6-8-22(9-7-15)18(24)17-5-2-10-25-17/h1,3-4,11-12,15,17H,2,5-10H2. The molecule has 132 valence electrons. The Kier molecular flexibility index (Phi) is 4.72. The molecular weight excluding hydrogens is 340 g/mol. The Hall–Kier alpha value is -1.92. The molecule has 25 heavy (non-hydrogen) atoms. The summed E-state index contributed by atoms with van der Waals surface area (Å²) in [6.45, 7) is 2.20. The minimum absolute atomic E-state index is 0.147. The highest BCUT2D eigenvalue weighted by Crippen LogP contribution is 2.26. The molecule has 6 nitrogen and oxygen atoms in total. The highest BCUT2D eigenvalue weighted by Gasteiger charge is 2.31. The van der Waals surface area contributed by atoms with Gasteiger partial charge >= 0.3 is 0 Å². The molecule has 1 amide bonds. The van der Waals surface area contributed by atoms with Crippen molar-refractivity contribution in [2.75, 3.05) is 19.7 Å². The van der Waals surface area contributed by atoms with E-state index in [-0.39, 0.29) is 18.1 Å². The van der Waals surface area contributed by atoms with Gasteiger partial charge in [-0.15, -0.1) is 5.10 Å². The average molecular weight is 361 g/mol. The Labute approximate surface area is 151 Å². The van der Waals surface area contributed by atoms with E-state index in [0.29, 0.717) is 11.6 Å². The van der Waals surface area contributed by atoms with E-state index in [2.05, 4.69) is 10.3 Å². The van der Waals surface area contributed by atoms with Crippen molar-refractivity contribution in [3.05, 3.63) is 35.5 Å². The molecule has 0 saturated carbocycles. The van der Waals surface area contributed by atoms with E-state index in [1.165, 1.54) is 0 Å². The number of halogens is 1. The molecule has 2 aromatic rings. The fraction of sp³-hybridized carbons (Fsp3) is 0.500. The van der Waals surface area contributed by atoms with Crippen LogP contribution in [-0.4, -0.2) is 51.6 Å². The first-order chi connectivity index (χ1) is 12.2. The number of hydrogen-bond donors (Lipinski definition) is 0. The van der Waals surface area contributed by atoms with Crippen LogP contribution in [0.2, 0.25) is 5.02 Å². The summed E-state index contributed by atoms with van der Waals surface area (Å²) in [7, 11) is 0. The Bertz CT molecular complexity index is 749. The lowest BCUT2D eigenvalue weighted by molar-refractivity contribution is -0.142. The van der Waals surface area contributed by atoms with Crippen molar-refractivity contribution < 1.29 is 9.53 Å². The number of benzene rings is 1. The number of carbonyl (C=O) groups excluding carboxylic acids is 1. The van der Waals surface area contributed by atoms with E-state index in [1.807, 2.05) is 40.0 Å². The quantitative estimate of drug-likeness (QED) is 0.844. The number of ether oxygens (including phenoxy) is 1. The molecule has 2 saturated heterocycles. The van der Waals surface area contributed by atoms with Crippen molar-refractivity contribution in [2.45, 2.75) is 37.8 Å². The Morgan fingerprint density at radius 2 is 2.08 bits per heavy atom. The van der Waals surface area contributed by atoms with Gasteiger partial charge in [-0.1, -0.05) is 28.9 Å². The zero-order valence-corrected chi connectivity index (χ0v) is 14.7. The second-order valence-corrected chi connectivity index (χ2v) is 7.09. The number of carbonyl (C=O) groups is 1. The van der Waals surface area contributed by atoms with Gasteiger partial charge < -0.3 is 9.64 Å². The van der Waals surface area contributed by atoms with Crippen molar-refractivity contribution in [3.63, 3.8) is 0 Å². The highest BCUT2D eigenvalue weighted by molar-refractivity contribution is 6.30. The molecule has 0 aliphatic carbocycles. The monoisotopic (exact) mass is 360 g/mol. The first-order valence-corrected chi connectivity index (χ1v) is 9.16. The van der Waals surface area contributed by atoms with E-state index in [0.717, 1.165) is 50.0 Å². The van der Waals surface area contributed by atoms with Gasteiger partial charge in [0, 0.05) is 30.3 Å². The molecule has 0 N–H and O–H groups in total. The summed E-state index contributed by atoms with van der Waals surface area (Å²) >= 11 is 6.05. The van der Waals surface area contributed by atoms with Crippen molar-refractivity contribution >= 4 is 17.5 Å². The molecule has 2 aliphatic rings. The molecule has 0 bridgehead atoms. The summed E-state index contributed by atoms with van der Waals surface area (Å²) in [4.78, 5) is 14.4. The van der Waals surface area contributed by atoms with Crippen LogP contribution in [0.5, 0.6) is 0 Å². The van der Waals surface area contributed by atoms with Crippen molar-refractivity contribution in [2.24, 2.45) is 0 Å².